The molecular weight excluding hydrogens is 362 g/mol. The van der Waals surface area contributed by atoms with Crippen LogP contribution in [-0.2, 0) is 4.79 Å². The lowest BCUT2D eigenvalue weighted by molar-refractivity contribution is -0.121. The molecule has 0 aliphatic heterocycles. The molecule has 2 aromatic carbocycles. The Morgan fingerprint density at radius 2 is 1.68 bits per heavy atom. The monoisotopic (exact) mass is 383 g/mol. The van der Waals surface area contributed by atoms with Gasteiger partial charge < -0.3 is 19.5 Å². The van der Waals surface area contributed by atoms with E-state index < -0.39 is 18.5 Å². The van der Waals surface area contributed by atoms with Gasteiger partial charge in [-0.1, -0.05) is 12.1 Å². The van der Waals surface area contributed by atoms with Crippen LogP contribution in [0.3, 0.4) is 0 Å². The number of rotatable bonds is 8. The van der Waals surface area contributed by atoms with Crippen LogP contribution in [0.1, 0.15) is 19.4 Å². The fourth-order valence-electron chi connectivity index (χ4n) is 2.28. The number of hydrogen-bond donors (Lipinski definition) is 2. The van der Waals surface area contributed by atoms with E-state index in [1.54, 1.807) is 42.5 Å². The first-order valence-corrected chi connectivity index (χ1v) is 8.69. The summed E-state index contributed by atoms with van der Waals surface area (Å²) in [7, 11) is 0. The van der Waals surface area contributed by atoms with Crippen molar-refractivity contribution in [3.63, 3.8) is 0 Å². The van der Waals surface area contributed by atoms with Crippen LogP contribution in [0.2, 0.25) is 0 Å². The predicted molar refractivity (Wildman–Crippen MR) is 103 cm³/mol. The molecule has 2 N–H and O–H groups in total. The zero-order valence-corrected chi connectivity index (χ0v) is 15.7. The Morgan fingerprint density at radius 1 is 0.964 bits per heavy atom. The molecule has 3 amide bonds. The van der Waals surface area contributed by atoms with Crippen LogP contribution in [-0.4, -0.2) is 31.8 Å². The number of carbonyl (C=O) groups excluding carboxylic acids is 2. The van der Waals surface area contributed by atoms with E-state index >= 15 is 0 Å². The lowest BCUT2D eigenvalue weighted by Crippen LogP contribution is -2.37. The molecule has 28 heavy (non-hydrogen) atoms. The Bertz CT molecular complexity index is 876. The highest BCUT2D eigenvalue weighted by Crippen LogP contribution is 2.30. The summed E-state index contributed by atoms with van der Waals surface area (Å²) in [6.45, 7) is 4.22. The van der Waals surface area contributed by atoms with E-state index in [4.69, 9.17) is 19.5 Å². The third-order valence-electron chi connectivity index (χ3n) is 3.42. The molecule has 0 heterocycles. The van der Waals surface area contributed by atoms with Gasteiger partial charge in [-0.2, -0.15) is 5.26 Å². The molecule has 0 aromatic heterocycles. The van der Waals surface area contributed by atoms with Gasteiger partial charge >= 0.3 is 6.03 Å². The molecule has 0 saturated heterocycles. The molecule has 2 rings (SSSR count). The second kappa shape index (κ2) is 10.4. The minimum atomic E-state index is -0.714. The Hall–Kier alpha value is -3.73. The molecule has 0 fully saturated rings. The molecule has 2 aromatic rings. The summed E-state index contributed by atoms with van der Waals surface area (Å²) in [5.41, 5.74) is 0.741. The first kappa shape index (κ1) is 20.6. The van der Waals surface area contributed by atoms with Gasteiger partial charge in [0.2, 0.25) is 0 Å². The number of para-hydroxylation sites is 1. The largest absolute Gasteiger partial charge is 0.490 e. The molecule has 0 spiro atoms. The Labute approximate surface area is 163 Å². The van der Waals surface area contributed by atoms with Crippen molar-refractivity contribution in [3.8, 4) is 23.3 Å². The number of nitrogens with zero attached hydrogens (tertiary/aromatic N) is 1. The van der Waals surface area contributed by atoms with Crippen molar-refractivity contribution in [1.82, 2.24) is 5.32 Å². The third-order valence-corrected chi connectivity index (χ3v) is 3.42. The van der Waals surface area contributed by atoms with E-state index in [0.29, 0.717) is 36.0 Å². The number of nitrogens with one attached hydrogen (secondary N) is 2. The normalized spacial score (nSPS) is 9.75. The van der Waals surface area contributed by atoms with Crippen LogP contribution < -0.4 is 24.8 Å². The average Bonchev–Trinajstić information content (AvgIpc) is 2.69. The van der Waals surface area contributed by atoms with Gasteiger partial charge in [0.05, 0.1) is 18.8 Å². The van der Waals surface area contributed by atoms with Gasteiger partial charge in [0.15, 0.2) is 18.1 Å². The number of carbonyl (C=O) groups is 2. The molecule has 0 bridgehead atoms. The summed E-state index contributed by atoms with van der Waals surface area (Å²) in [5.74, 6) is 0.676. The average molecular weight is 383 g/mol. The van der Waals surface area contributed by atoms with E-state index in [9.17, 15) is 9.59 Å². The number of urea groups is 1. The molecule has 8 heteroatoms. The minimum Gasteiger partial charge on any atom is -0.490 e. The van der Waals surface area contributed by atoms with Gasteiger partial charge in [-0.05, 0) is 38.1 Å². The summed E-state index contributed by atoms with van der Waals surface area (Å²) in [6, 6.07) is 12.7. The molecule has 0 aliphatic carbocycles. The Morgan fingerprint density at radius 3 is 2.39 bits per heavy atom. The number of hydrogen-bond acceptors (Lipinski definition) is 6. The van der Waals surface area contributed by atoms with E-state index in [1.807, 2.05) is 19.9 Å². The summed E-state index contributed by atoms with van der Waals surface area (Å²) in [6.07, 6.45) is 0. The lowest BCUT2D eigenvalue weighted by atomic mass is 10.2. The number of anilines is 1. The highest BCUT2D eigenvalue weighted by molar-refractivity contribution is 6.01. The summed E-state index contributed by atoms with van der Waals surface area (Å²) in [4.78, 5) is 23.9. The van der Waals surface area contributed by atoms with Crippen molar-refractivity contribution in [1.29, 1.82) is 5.26 Å². The molecule has 0 saturated carbocycles. The standard InChI is InChI=1S/C20H21N3O5/c1-3-26-17-10-9-15(11-18(17)27-4-2)22-20(25)23-19(24)13-28-16-8-6-5-7-14(16)12-21/h5-11H,3-4,13H2,1-2H3,(H2,22,23,24,25). The maximum absolute atomic E-state index is 12.0. The van der Waals surface area contributed by atoms with E-state index in [-0.39, 0.29) is 5.75 Å². The highest BCUT2D eigenvalue weighted by Gasteiger charge is 2.12. The minimum absolute atomic E-state index is 0.272. The van der Waals surface area contributed by atoms with Crippen LogP contribution in [0.5, 0.6) is 17.2 Å². The summed E-state index contributed by atoms with van der Waals surface area (Å²) >= 11 is 0. The number of benzene rings is 2. The predicted octanol–water partition coefficient (Wildman–Crippen LogP) is 3.08. The van der Waals surface area contributed by atoms with Crippen molar-refractivity contribution in [2.24, 2.45) is 0 Å². The van der Waals surface area contributed by atoms with Crippen LogP contribution in [0, 0.1) is 11.3 Å². The fourth-order valence-corrected chi connectivity index (χ4v) is 2.28. The SMILES string of the molecule is CCOc1ccc(NC(=O)NC(=O)COc2ccccc2C#N)cc1OCC. The Kier molecular flexibility index (Phi) is 7.66. The molecular formula is C20H21N3O5. The number of nitriles is 1. The first-order valence-electron chi connectivity index (χ1n) is 8.69. The van der Waals surface area contributed by atoms with Crippen molar-refractivity contribution in [2.75, 3.05) is 25.1 Å². The van der Waals surface area contributed by atoms with Crippen LogP contribution in [0.15, 0.2) is 42.5 Å². The van der Waals surface area contributed by atoms with E-state index in [2.05, 4.69) is 10.6 Å². The molecule has 0 atom stereocenters. The van der Waals surface area contributed by atoms with Gasteiger partial charge in [-0.15, -0.1) is 0 Å². The molecule has 0 unspecified atom stereocenters. The maximum Gasteiger partial charge on any atom is 0.325 e. The van der Waals surface area contributed by atoms with Gasteiger partial charge in [0, 0.05) is 11.8 Å². The number of ether oxygens (including phenoxy) is 3. The van der Waals surface area contributed by atoms with Gasteiger partial charge in [0.1, 0.15) is 11.8 Å². The zero-order valence-electron chi connectivity index (χ0n) is 15.7. The lowest BCUT2D eigenvalue weighted by Gasteiger charge is -2.13. The quantitative estimate of drug-likeness (QED) is 0.725. The van der Waals surface area contributed by atoms with Gasteiger partial charge in [-0.25, -0.2) is 4.79 Å². The van der Waals surface area contributed by atoms with E-state index in [1.165, 1.54) is 0 Å². The van der Waals surface area contributed by atoms with Crippen LogP contribution in [0.25, 0.3) is 0 Å². The molecule has 146 valence electrons. The molecule has 0 aliphatic rings. The fraction of sp³-hybridized carbons (Fsp3) is 0.250. The maximum atomic E-state index is 12.0. The van der Waals surface area contributed by atoms with Crippen molar-refractivity contribution < 1.29 is 23.8 Å². The van der Waals surface area contributed by atoms with Gasteiger partial charge in [0.25, 0.3) is 5.91 Å². The topological polar surface area (TPSA) is 110 Å². The van der Waals surface area contributed by atoms with Crippen molar-refractivity contribution >= 4 is 17.6 Å². The third kappa shape index (κ3) is 5.92. The highest BCUT2D eigenvalue weighted by atomic mass is 16.5. The summed E-state index contributed by atoms with van der Waals surface area (Å²) < 4.78 is 16.2. The van der Waals surface area contributed by atoms with Crippen molar-refractivity contribution in [2.45, 2.75) is 13.8 Å². The van der Waals surface area contributed by atoms with Crippen LogP contribution in [0.4, 0.5) is 10.5 Å². The smallest absolute Gasteiger partial charge is 0.325 e. The Balaban J connectivity index is 1.91. The van der Waals surface area contributed by atoms with Crippen LogP contribution >= 0.6 is 0 Å². The number of imide groups is 1. The van der Waals surface area contributed by atoms with Crippen molar-refractivity contribution in [3.05, 3.63) is 48.0 Å². The van der Waals surface area contributed by atoms with E-state index in [0.717, 1.165) is 0 Å². The molecule has 8 nitrogen and oxygen atoms in total. The summed E-state index contributed by atoms with van der Waals surface area (Å²) in [5, 5.41) is 13.7. The number of amides is 3. The first-order chi connectivity index (χ1) is 13.6. The molecule has 0 radical (unpaired) electrons. The van der Waals surface area contributed by atoms with Gasteiger partial charge in [-0.3, -0.25) is 10.1 Å². The zero-order chi connectivity index (χ0) is 20.4. The second-order valence-electron chi connectivity index (χ2n) is 5.43. The second-order valence-corrected chi connectivity index (χ2v) is 5.43.